The van der Waals surface area contributed by atoms with Crippen molar-refractivity contribution >= 4 is 23.4 Å². The van der Waals surface area contributed by atoms with Crippen molar-refractivity contribution in [2.45, 2.75) is 37.4 Å². The van der Waals surface area contributed by atoms with Gasteiger partial charge in [-0.05, 0) is 45.5 Å². The molecule has 2 aliphatic heterocycles. The molecule has 1 aromatic heterocycles. The van der Waals surface area contributed by atoms with Gasteiger partial charge in [0.1, 0.15) is 11.6 Å². The lowest BCUT2D eigenvalue weighted by Gasteiger charge is -2.24. The predicted octanol–water partition coefficient (Wildman–Crippen LogP) is 2.30. The van der Waals surface area contributed by atoms with E-state index in [4.69, 9.17) is 4.98 Å². The topological polar surface area (TPSA) is 44.3 Å². The molecular formula is C15H25N5S. The van der Waals surface area contributed by atoms with Crippen molar-refractivity contribution in [2.75, 3.05) is 49.2 Å². The Hall–Kier alpha value is -1.01. The molecule has 2 fully saturated rings. The van der Waals surface area contributed by atoms with Crippen LogP contribution in [0.2, 0.25) is 0 Å². The van der Waals surface area contributed by atoms with Crippen molar-refractivity contribution in [1.82, 2.24) is 14.9 Å². The molecule has 0 radical (unpaired) electrons. The minimum Gasteiger partial charge on any atom is -0.370 e. The first-order valence-corrected chi connectivity index (χ1v) is 9.18. The summed E-state index contributed by atoms with van der Waals surface area (Å²) in [6, 6.07) is 2.80. The average molecular weight is 307 g/mol. The van der Waals surface area contributed by atoms with Crippen molar-refractivity contribution in [1.29, 1.82) is 0 Å². The number of nitrogens with one attached hydrogen (secondary N) is 1. The first-order chi connectivity index (χ1) is 10.3. The summed E-state index contributed by atoms with van der Waals surface area (Å²) in [6.45, 7) is 7.76. The molecule has 3 heterocycles. The highest BCUT2D eigenvalue weighted by Crippen LogP contribution is 2.26. The highest BCUT2D eigenvalue weighted by Gasteiger charge is 2.30. The Balaban J connectivity index is 1.72. The first-order valence-electron chi connectivity index (χ1n) is 7.96. The maximum Gasteiger partial charge on any atom is 0.191 e. The molecule has 1 atom stereocenters. The van der Waals surface area contributed by atoms with Gasteiger partial charge in [0.15, 0.2) is 5.16 Å². The number of likely N-dealkylation sites (tertiary alicyclic amines) is 1. The van der Waals surface area contributed by atoms with Crippen LogP contribution in [0.15, 0.2) is 11.2 Å². The Morgan fingerprint density at radius 3 is 2.81 bits per heavy atom. The highest BCUT2D eigenvalue weighted by molar-refractivity contribution is 7.98. The number of hydrogen-bond acceptors (Lipinski definition) is 6. The second-order valence-electron chi connectivity index (χ2n) is 5.76. The van der Waals surface area contributed by atoms with Crippen LogP contribution in [0.3, 0.4) is 0 Å². The number of aromatic nitrogens is 2. The molecule has 6 heteroatoms. The minimum atomic E-state index is 0.711. The Kier molecular flexibility index (Phi) is 4.85. The summed E-state index contributed by atoms with van der Waals surface area (Å²) < 4.78 is 0. The Labute approximate surface area is 131 Å². The average Bonchev–Trinajstić information content (AvgIpc) is 3.18. The van der Waals surface area contributed by atoms with Gasteiger partial charge >= 0.3 is 0 Å². The van der Waals surface area contributed by atoms with Crippen LogP contribution in [0.5, 0.6) is 0 Å². The molecule has 3 rings (SSSR count). The lowest BCUT2D eigenvalue weighted by Crippen LogP contribution is -2.35. The van der Waals surface area contributed by atoms with E-state index in [0.29, 0.717) is 6.04 Å². The largest absolute Gasteiger partial charge is 0.370 e. The van der Waals surface area contributed by atoms with Gasteiger partial charge in [-0.15, -0.1) is 0 Å². The normalized spacial score (nSPS) is 23.0. The summed E-state index contributed by atoms with van der Waals surface area (Å²) >= 11 is 1.61. The van der Waals surface area contributed by atoms with Gasteiger partial charge in [0.05, 0.1) is 0 Å². The van der Waals surface area contributed by atoms with E-state index in [1.165, 1.54) is 32.4 Å². The van der Waals surface area contributed by atoms with Crippen molar-refractivity contribution < 1.29 is 0 Å². The van der Waals surface area contributed by atoms with Crippen molar-refractivity contribution in [2.24, 2.45) is 0 Å². The molecule has 0 amide bonds. The maximum atomic E-state index is 4.70. The zero-order chi connectivity index (χ0) is 14.7. The van der Waals surface area contributed by atoms with E-state index in [9.17, 15) is 0 Å². The number of rotatable bonds is 5. The zero-order valence-electron chi connectivity index (χ0n) is 13.0. The van der Waals surface area contributed by atoms with E-state index in [0.717, 1.165) is 36.4 Å². The van der Waals surface area contributed by atoms with Gasteiger partial charge in [-0.2, -0.15) is 0 Å². The van der Waals surface area contributed by atoms with Crippen LogP contribution in [-0.2, 0) is 0 Å². The van der Waals surface area contributed by atoms with Crippen molar-refractivity contribution in [3.05, 3.63) is 6.07 Å². The predicted molar refractivity (Wildman–Crippen MR) is 89.4 cm³/mol. The molecule has 21 heavy (non-hydrogen) atoms. The Bertz CT molecular complexity index is 475. The molecule has 116 valence electrons. The van der Waals surface area contributed by atoms with E-state index in [1.54, 1.807) is 11.8 Å². The second-order valence-corrected chi connectivity index (χ2v) is 6.53. The SMILES string of the molecule is CCNc1cc(N2CCC(N3CCCC3)C2)nc(SC)n1. The van der Waals surface area contributed by atoms with Gasteiger partial charge < -0.3 is 10.2 Å². The lowest BCUT2D eigenvalue weighted by atomic mass is 10.2. The molecular weight excluding hydrogens is 282 g/mol. The first kappa shape index (κ1) is 14.9. The Morgan fingerprint density at radius 1 is 1.29 bits per heavy atom. The summed E-state index contributed by atoms with van der Waals surface area (Å²) in [5.74, 6) is 2.02. The molecule has 0 bridgehead atoms. The smallest absolute Gasteiger partial charge is 0.191 e. The van der Waals surface area contributed by atoms with Gasteiger partial charge in [-0.25, -0.2) is 9.97 Å². The van der Waals surface area contributed by atoms with Crippen LogP contribution in [0.25, 0.3) is 0 Å². The third-order valence-electron chi connectivity index (χ3n) is 4.38. The zero-order valence-corrected chi connectivity index (χ0v) is 13.8. The quantitative estimate of drug-likeness (QED) is 0.665. The fourth-order valence-corrected chi connectivity index (χ4v) is 3.67. The van der Waals surface area contributed by atoms with Gasteiger partial charge in [-0.1, -0.05) is 11.8 Å². The molecule has 1 unspecified atom stereocenters. The van der Waals surface area contributed by atoms with E-state index in [2.05, 4.69) is 33.1 Å². The molecule has 1 N–H and O–H groups in total. The number of nitrogens with zero attached hydrogens (tertiary/aromatic N) is 4. The van der Waals surface area contributed by atoms with E-state index in [-0.39, 0.29) is 0 Å². The van der Waals surface area contributed by atoms with Gasteiger partial charge in [0.25, 0.3) is 0 Å². The minimum absolute atomic E-state index is 0.711. The maximum absolute atomic E-state index is 4.70. The fourth-order valence-electron chi connectivity index (χ4n) is 3.29. The molecule has 5 nitrogen and oxygen atoms in total. The summed E-state index contributed by atoms with van der Waals surface area (Å²) in [5.41, 5.74) is 0. The van der Waals surface area contributed by atoms with E-state index >= 15 is 0 Å². The standard InChI is InChI=1S/C15H25N5S/c1-3-16-13-10-14(18-15(17-13)21-2)20-9-6-12(11-20)19-7-4-5-8-19/h10,12H,3-9,11H2,1-2H3,(H,16,17,18). The van der Waals surface area contributed by atoms with E-state index in [1.807, 2.05) is 6.26 Å². The molecule has 0 aliphatic carbocycles. The van der Waals surface area contributed by atoms with Crippen LogP contribution in [0, 0.1) is 0 Å². The molecule has 0 spiro atoms. The lowest BCUT2D eigenvalue weighted by molar-refractivity contribution is 0.260. The second kappa shape index (κ2) is 6.83. The molecule has 0 aromatic carbocycles. The van der Waals surface area contributed by atoms with Crippen molar-refractivity contribution in [3.63, 3.8) is 0 Å². The summed E-state index contributed by atoms with van der Waals surface area (Å²) in [7, 11) is 0. The third kappa shape index (κ3) is 3.43. The number of thioether (sulfide) groups is 1. The monoisotopic (exact) mass is 307 g/mol. The number of hydrogen-bond donors (Lipinski definition) is 1. The van der Waals surface area contributed by atoms with Crippen LogP contribution < -0.4 is 10.2 Å². The molecule has 2 aliphatic rings. The van der Waals surface area contributed by atoms with Crippen LogP contribution in [-0.4, -0.2) is 59.9 Å². The van der Waals surface area contributed by atoms with Crippen LogP contribution >= 0.6 is 11.8 Å². The Morgan fingerprint density at radius 2 is 2.10 bits per heavy atom. The molecule has 1 aromatic rings. The summed E-state index contributed by atoms with van der Waals surface area (Å²) in [5, 5.41) is 4.17. The molecule has 0 saturated carbocycles. The number of anilines is 2. The van der Waals surface area contributed by atoms with Gasteiger partial charge in [0.2, 0.25) is 0 Å². The fraction of sp³-hybridized carbons (Fsp3) is 0.733. The van der Waals surface area contributed by atoms with Gasteiger partial charge in [0, 0.05) is 31.7 Å². The highest BCUT2D eigenvalue weighted by atomic mass is 32.2. The van der Waals surface area contributed by atoms with E-state index < -0.39 is 0 Å². The van der Waals surface area contributed by atoms with Crippen LogP contribution in [0.4, 0.5) is 11.6 Å². The summed E-state index contributed by atoms with van der Waals surface area (Å²) in [4.78, 5) is 14.3. The third-order valence-corrected chi connectivity index (χ3v) is 4.92. The summed E-state index contributed by atoms with van der Waals surface area (Å²) in [6.07, 6.45) is 6.03. The van der Waals surface area contributed by atoms with Crippen LogP contribution in [0.1, 0.15) is 26.2 Å². The van der Waals surface area contributed by atoms with Crippen molar-refractivity contribution in [3.8, 4) is 0 Å². The molecule has 2 saturated heterocycles. The van der Waals surface area contributed by atoms with Gasteiger partial charge in [-0.3, -0.25) is 4.90 Å².